The molecule has 1 saturated heterocycles. The Morgan fingerprint density at radius 1 is 1.32 bits per heavy atom. The van der Waals surface area contributed by atoms with Gasteiger partial charge in [-0.25, -0.2) is 8.42 Å². The Morgan fingerprint density at radius 3 is 2.58 bits per heavy atom. The SMILES string of the molecule is CC1CNCC1C(=O)Nc1ccccc1S(C)(=O)=O. The van der Waals surface area contributed by atoms with Crippen molar-refractivity contribution in [2.24, 2.45) is 11.8 Å². The van der Waals surface area contributed by atoms with Crippen molar-refractivity contribution in [1.29, 1.82) is 0 Å². The first-order valence-electron chi connectivity index (χ1n) is 6.20. The van der Waals surface area contributed by atoms with E-state index in [9.17, 15) is 13.2 Å². The van der Waals surface area contributed by atoms with Gasteiger partial charge in [0.05, 0.1) is 16.5 Å². The van der Waals surface area contributed by atoms with E-state index < -0.39 is 9.84 Å². The number of nitrogens with one attached hydrogen (secondary N) is 2. The molecule has 1 aromatic carbocycles. The van der Waals surface area contributed by atoms with E-state index in [-0.39, 0.29) is 22.6 Å². The van der Waals surface area contributed by atoms with Gasteiger partial charge in [-0.1, -0.05) is 19.1 Å². The maximum absolute atomic E-state index is 12.2. The molecule has 0 bridgehead atoms. The molecule has 2 N–H and O–H groups in total. The number of anilines is 1. The molecule has 0 aromatic heterocycles. The summed E-state index contributed by atoms with van der Waals surface area (Å²) >= 11 is 0. The maximum Gasteiger partial charge on any atom is 0.229 e. The molecule has 6 heteroatoms. The largest absolute Gasteiger partial charge is 0.325 e. The predicted octanol–water partition coefficient (Wildman–Crippen LogP) is 0.884. The van der Waals surface area contributed by atoms with Gasteiger partial charge < -0.3 is 10.6 Å². The summed E-state index contributed by atoms with van der Waals surface area (Å²) in [5, 5.41) is 5.89. The van der Waals surface area contributed by atoms with Gasteiger partial charge >= 0.3 is 0 Å². The average Bonchev–Trinajstić information content (AvgIpc) is 2.75. The standard InChI is InChI=1S/C13H18N2O3S/c1-9-7-14-8-10(9)13(16)15-11-5-3-4-6-12(11)19(2,17)18/h3-6,9-10,14H,7-8H2,1-2H3,(H,15,16). The highest BCUT2D eigenvalue weighted by Gasteiger charge is 2.30. The molecule has 1 aromatic rings. The van der Waals surface area contributed by atoms with Crippen molar-refractivity contribution >= 4 is 21.4 Å². The number of amides is 1. The molecule has 0 saturated carbocycles. The van der Waals surface area contributed by atoms with Crippen LogP contribution in [0.5, 0.6) is 0 Å². The fraction of sp³-hybridized carbons (Fsp3) is 0.462. The Labute approximate surface area is 113 Å². The molecule has 104 valence electrons. The van der Waals surface area contributed by atoms with E-state index >= 15 is 0 Å². The fourth-order valence-electron chi connectivity index (χ4n) is 2.28. The molecule has 19 heavy (non-hydrogen) atoms. The number of rotatable bonds is 3. The Morgan fingerprint density at radius 2 is 2.00 bits per heavy atom. The molecule has 1 aliphatic rings. The zero-order valence-electron chi connectivity index (χ0n) is 11.0. The van der Waals surface area contributed by atoms with E-state index in [0.29, 0.717) is 12.2 Å². The number of carbonyl (C=O) groups is 1. The summed E-state index contributed by atoms with van der Waals surface area (Å²) in [5.74, 6) is 0.00612. The third kappa shape index (κ3) is 3.13. The van der Waals surface area contributed by atoms with Crippen LogP contribution in [-0.2, 0) is 14.6 Å². The summed E-state index contributed by atoms with van der Waals surface area (Å²) in [6.07, 6.45) is 1.14. The Balaban J connectivity index is 2.22. The zero-order chi connectivity index (χ0) is 14.0. The van der Waals surface area contributed by atoms with E-state index in [4.69, 9.17) is 0 Å². The van der Waals surface area contributed by atoms with Gasteiger partial charge in [0, 0.05) is 12.8 Å². The number of benzene rings is 1. The van der Waals surface area contributed by atoms with Crippen molar-refractivity contribution in [3.8, 4) is 0 Å². The summed E-state index contributed by atoms with van der Waals surface area (Å²) in [7, 11) is -3.35. The van der Waals surface area contributed by atoms with Crippen LogP contribution in [0.1, 0.15) is 6.92 Å². The van der Waals surface area contributed by atoms with Crippen LogP contribution < -0.4 is 10.6 Å². The Kier molecular flexibility index (Phi) is 3.91. The van der Waals surface area contributed by atoms with Gasteiger partial charge in [0.15, 0.2) is 9.84 Å². The summed E-state index contributed by atoms with van der Waals surface area (Å²) in [4.78, 5) is 12.3. The molecular weight excluding hydrogens is 264 g/mol. The number of hydrogen-bond acceptors (Lipinski definition) is 4. The lowest BCUT2D eigenvalue weighted by atomic mass is 9.97. The number of sulfone groups is 1. The predicted molar refractivity (Wildman–Crippen MR) is 73.7 cm³/mol. The van der Waals surface area contributed by atoms with E-state index in [2.05, 4.69) is 10.6 Å². The second-order valence-electron chi connectivity index (χ2n) is 5.00. The second kappa shape index (κ2) is 5.30. The molecule has 1 fully saturated rings. The summed E-state index contributed by atoms with van der Waals surface area (Å²) in [6.45, 7) is 3.45. The van der Waals surface area contributed by atoms with Crippen LogP contribution >= 0.6 is 0 Å². The second-order valence-corrected chi connectivity index (χ2v) is 6.98. The van der Waals surface area contributed by atoms with Gasteiger partial charge in [-0.15, -0.1) is 0 Å². The molecule has 0 radical (unpaired) electrons. The lowest BCUT2D eigenvalue weighted by Gasteiger charge is -2.15. The minimum absolute atomic E-state index is 0.118. The van der Waals surface area contributed by atoms with Crippen molar-refractivity contribution < 1.29 is 13.2 Å². The van der Waals surface area contributed by atoms with Crippen molar-refractivity contribution in [3.63, 3.8) is 0 Å². The molecule has 2 unspecified atom stereocenters. The normalized spacial score (nSPS) is 23.3. The van der Waals surface area contributed by atoms with Crippen LogP contribution in [0.4, 0.5) is 5.69 Å². The average molecular weight is 282 g/mol. The van der Waals surface area contributed by atoms with Crippen LogP contribution in [-0.4, -0.2) is 33.7 Å². The minimum atomic E-state index is -3.35. The van der Waals surface area contributed by atoms with Crippen LogP contribution in [0.15, 0.2) is 29.2 Å². The Hall–Kier alpha value is -1.40. The molecule has 0 aliphatic carbocycles. The molecule has 1 aliphatic heterocycles. The molecule has 2 rings (SSSR count). The summed E-state index contributed by atoms with van der Waals surface area (Å²) in [6, 6.07) is 6.47. The first-order chi connectivity index (χ1) is 8.89. The smallest absolute Gasteiger partial charge is 0.229 e. The third-order valence-electron chi connectivity index (χ3n) is 3.40. The molecular formula is C13H18N2O3S. The molecule has 2 atom stereocenters. The van der Waals surface area contributed by atoms with Crippen molar-refractivity contribution in [2.75, 3.05) is 24.7 Å². The van der Waals surface area contributed by atoms with Gasteiger partial charge in [-0.05, 0) is 24.6 Å². The lowest BCUT2D eigenvalue weighted by Crippen LogP contribution is -2.28. The van der Waals surface area contributed by atoms with E-state index in [1.165, 1.54) is 6.07 Å². The lowest BCUT2D eigenvalue weighted by molar-refractivity contribution is -0.120. The topological polar surface area (TPSA) is 75.3 Å². The van der Waals surface area contributed by atoms with Gasteiger partial charge in [0.2, 0.25) is 5.91 Å². The van der Waals surface area contributed by atoms with Crippen LogP contribution in [0, 0.1) is 11.8 Å². The van der Waals surface area contributed by atoms with Gasteiger partial charge in [-0.2, -0.15) is 0 Å². The highest BCUT2D eigenvalue weighted by atomic mass is 32.2. The van der Waals surface area contributed by atoms with E-state index in [0.717, 1.165) is 12.8 Å². The van der Waals surface area contributed by atoms with Gasteiger partial charge in [0.25, 0.3) is 0 Å². The Bertz CT molecular complexity index is 583. The molecule has 1 amide bonds. The number of hydrogen-bond donors (Lipinski definition) is 2. The van der Waals surface area contributed by atoms with Crippen LogP contribution in [0.3, 0.4) is 0 Å². The first-order valence-corrected chi connectivity index (χ1v) is 8.09. The zero-order valence-corrected chi connectivity index (χ0v) is 11.8. The quantitative estimate of drug-likeness (QED) is 0.863. The third-order valence-corrected chi connectivity index (χ3v) is 4.55. The molecule has 5 nitrogen and oxygen atoms in total. The maximum atomic E-state index is 12.2. The minimum Gasteiger partial charge on any atom is -0.325 e. The highest BCUT2D eigenvalue weighted by Crippen LogP contribution is 2.23. The van der Waals surface area contributed by atoms with Crippen LogP contribution in [0.2, 0.25) is 0 Å². The van der Waals surface area contributed by atoms with Gasteiger partial charge in [0.1, 0.15) is 0 Å². The summed E-state index contributed by atoms with van der Waals surface area (Å²) < 4.78 is 23.3. The number of para-hydroxylation sites is 1. The van der Waals surface area contributed by atoms with Crippen molar-refractivity contribution in [3.05, 3.63) is 24.3 Å². The number of carbonyl (C=O) groups excluding carboxylic acids is 1. The van der Waals surface area contributed by atoms with Gasteiger partial charge in [-0.3, -0.25) is 4.79 Å². The van der Waals surface area contributed by atoms with E-state index in [1.807, 2.05) is 6.92 Å². The van der Waals surface area contributed by atoms with Crippen LogP contribution in [0.25, 0.3) is 0 Å². The molecule has 1 heterocycles. The summed E-state index contributed by atoms with van der Waals surface area (Å²) in [5.41, 5.74) is 0.356. The van der Waals surface area contributed by atoms with Crippen molar-refractivity contribution in [2.45, 2.75) is 11.8 Å². The monoisotopic (exact) mass is 282 g/mol. The highest BCUT2D eigenvalue weighted by molar-refractivity contribution is 7.90. The molecule has 0 spiro atoms. The fourth-order valence-corrected chi connectivity index (χ4v) is 3.12. The van der Waals surface area contributed by atoms with Crippen molar-refractivity contribution in [1.82, 2.24) is 5.32 Å². The van der Waals surface area contributed by atoms with E-state index in [1.54, 1.807) is 18.2 Å². The first kappa shape index (κ1) is 14.0.